The number of hydrogen-bond donors (Lipinski definition) is 1. The lowest BCUT2D eigenvalue weighted by Gasteiger charge is -2.32. The zero-order chi connectivity index (χ0) is 27.2. The van der Waals surface area contributed by atoms with Crippen LogP contribution in [0.15, 0.2) is 42.5 Å². The number of anilines is 1. The van der Waals surface area contributed by atoms with Gasteiger partial charge in [0, 0.05) is 23.7 Å². The number of carbonyl (C=O) groups is 2. The predicted molar refractivity (Wildman–Crippen MR) is 144 cm³/mol. The van der Waals surface area contributed by atoms with Crippen molar-refractivity contribution in [3.05, 3.63) is 53.1 Å². The average molecular weight is 552 g/mol. The number of benzene rings is 2. The van der Waals surface area contributed by atoms with E-state index in [2.05, 4.69) is 5.32 Å². The quantitative estimate of drug-likeness (QED) is 0.457. The largest absolute Gasteiger partial charge is 0.497 e. The fourth-order valence-electron chi connectivity index (χ4n) is 4.39. The summed E-state index contributed by atoms with van der Waals surface area (Å²) in [7, 11) is -1.05. The summed E-state index contributed by atoms with van der Waals surface area (Å²) >= 11 is 6.15. The molecule has 2 amide bonds. The number of nitrogens with zero attached hydrogens (tertiary/aromatic N) is 2. The zero-order valence-corrected chi connectivity index (χ0v) is 23.1. The Bertz CT molecular complexity index is 1220. The van der Waals surface area contributed by atoms with Gasteiger partial charge < -0.3 is 19.7 Å². The van der Waals surface area contributed by atoms with Crippen molar-refractivity contribution in [1.29, 1.82) is 0 Å². The lowest BCUT2D eigenvalue weighted by molar-refractivity contribution is -0.139. The van der Waals surface area contributed by atoms with Gasteiger partial charge in [-0.15, -0.1) is 0 Å². The molecule has 1 aliphatic rings. The second-order valence-corrected chi connectivity index (χ2v) is 11.5. The number of sulfonamides is 1. The molecule has 0 spiro atoms. The summed E-state index contributed by atoms with van der Waals surface area (Å²) in [6.07, 6.45) is 4.92. The summed E-state index contributed by atoms with van der Waals surface area (Å²) < 4.78 is 37.3. The number of methoxy groups -OCH3 is 2. The van der Waals surface area contributed by atoms with E-state index in [0.29, 0.717) is 16.3 Å². The van der Waals surface area contributed by atoms with E-state index in [1.165, 1.54) is 25.2 Å². The van der Waals surface area contributed by atoms with Gasteiger partial charge in [0.05, 0.1) is 26.2 Å². The molecule has 0 bridgehead atoms. The average Bonchev–Trinajstić information content (AvgIpc) is 3.37. The molecule has 3 rings (SSSR count). The van der Waals surface area contributed by atoms with Crippen LogP contribution in [0.25, 0.3) is 0 Å². The molecule has 37 heavy (non-hydrogen) atoms. The van der Waals surface area contributed by atoms with Crippen LogP contribution in [-0.4, -0.2) is 64.2 Å². The molecule has 0 radical (unpaired) electrons. The maximum Gasteiger partial charge on any atom is 0.244 e. The van der Waals surface area contributed by atoms with E-state index >= 15 is 0 Å². The number of carbonyl (C=O) groups excluding carboxylic acids is 2. The molecular formula is C26H34ClN3O6S. The van der Waals surface area contributed by atoms with Crippen LogP contribution in [-0.2, 0) is 26.2 Å². The summed E-state index contributed by atoms with van der Waals surface area (Å²) in [5.41, 5.74) is 0.870. The fraction of sp³-hybridized carbons (Fsp3) is 0.462. The summed E-state index contributed by atoms with van der Waals surface area (Å²) in [4.78, 5) is 28.2. The maximum absolute atomic E-state index is 13.7. The lowest BCUT2D eigenvalue weighted by atomic mass is 10.1. The highest BCUT2D eigenvalue weighted by molar-refractivity contribution is 7.92. The lowest BCUT2D eigenvalue weighted by Crippen LogP contribution is -2.52. The Morgan fingerprint density at radius 1 is 1.11 bits per heavy atom. The van der Waals surface area contributed by atoms with Crippen LogP contribution >= 0.6 is 11.6 Å². The van der Waals surface area contributed by atoms with Gasteiger partial charge in [0.1, 0.15) is 24.1 Å². The third kappa shape index (κ3) is 7.52. The third-order valence-corrected chi connectivity index (χ3v) is 7.81. The van der Waals surface area contributed by atoms with Crippen molar-refractivity contribution in [1.82, 2.24) is 10.2 Å². The Hall–Kier alpha value is -2.98. The highest BCUT2D eigenvalue weighted by Gasteiger charge is 2.32. The first kappa shape index (κ1) is 28.6. The van der Waals surface area contributed by atoms with Crippen molar-refractivity contribution >= 4 is 39.1 Å². The van der Waals surface area contributed by atoms with E-state index in [9.17, 15) is 18.0 Å². The van der Waals surface area contributed by atoms with Gasteiger partial charge in [-0.3, -0.25) is 13.9 Å². The van der Waals surface area contributed by atoms with Gasteiger partial charge >= 0.3 is 0 Å². The molecule has 2 aromatic rings. The second kappa shape index (κ2) is 12.5. The van der Waals surface area contributed by atoms with Gasteiger partial charge in [-0.05, 0) is 49.6 Å². The summed E-state index contributed by atoms with van der Waals surface area (Å²) in [6.45, 7) is 1.18. The van der Waals surface area contributed by atoms with E-state index in [4.69, 9.17) is 21.1 Å². The number of halogens is 1. The SMILES string of the molecule is COc1ccc(OC)c(N(CC(=O)N(Cc2cccc(Cl)c2)[C@@H](C)C(=O)NC2CCCC2)S(C)(=O)=O)c1. The first-order valence-corrected chi connectivity index (χ1v) is 14.3. The van der Waals surface area contributed by atoms with E-state index < -0.39 is 28.5 Å². The van der Waals surface area contributed by atoms with Gasteiger partial charge in [-0.25, -0.2) is 8.42 Å². The number of hydrogen-bond acceptors (Lipinski definition) is 6. The molecule has 1 fully saturated rings. The summed E-state index contributed by atoms with van der Waals surface area (Å²) in [5, 5.41) is 3.52. The standard InChI is InChI=1S/C26H34ClN3O6S/c1-18(26(32)28-21-10-5-6-11-21)29(16-19-8-7-9-20(27)14-19)25(31)17-30(37(4,33)34)23-15-22(35-2)12-13-24(23)36-3/h7-9,12-15,18,21H,5-6,10-11,16-17H2,1-4H3,(H,28,32)/t18-/m0/s1. The first-order valence-electron chi connectivity index (χ1n) is 12.1. The number of amides is 2. The molecule has 11 heteroatoms. The van der Waals surface area contributed by atoms with Gasteiger partial charge in [0.2, 0.25) is 21.8 Å². The Balaban J connectivity index is 1.94. The molecule has 1 N–H and O–H groups in total. The van der Waals surface area contributed by atoms with Crippen molar-refractivity contribution in [3.8, 4) is 11.5 Å². The van der Waals surface area contributed by atoms with E-state index in [1.54, 1.807) is 43.3 Å². The molecule has 1 atom stereocenters. The van der Waals surface area contributed by atoms with Gasteiger partial charge in [-0.1, -0.05) is 36.6 Å². The number of nitrogens with one attached hydrogen (secondary N) is 1. The van der Waals surface area contributed by atoms with Crippen LogP contribution < -0.4 is 19.1 Å². The Labute approximate surface area is 223 Å². The monoisotopic (exact) mass is 551 g/mol. The minimum Gasteiger partial charge on any atom is -0.497 e. The van der Waals surface area contributed by atoms with Crippen molar-refractivity contribution in [3.63, 3.8) is 0 Å². The molecule has 2 aromatic carbocycles. The predicted octanol–water partition coefficient (Wildman–Crippen LogP) is 3.60. The van der Waals surface area contributed by atoms with Crippen LogP contribution in [0.5, 0.6) is 11.5 Å². The normalized spacial score (nSPS) is 14.6. The Morgan fingerprint density at radius 2 is 1.81 bits per heavy atom. The van der Waals surface area contributed by atoms with Gasteiger partial charge in [-0.2, -0.15) is 0 Å². The number of rotatable bonds is 11. The fourth-order valence-corrected chi connectivity index (χ4v) is 5.45. The second-order valence-electron chi connectivity index (χ2n) is 9.12. The maximum atomic E-state index is 13.7. The van der Waals surface area contributed by atoms with Crippen LogP contribution in [0.2, 0.25) is 5.02 Å². The van der Waals surface area contributed by atoms with Crippen LogP contribution in [0.4, 0.5) is 5.69 Å². The van der Waals surface area contributed by atoms with E-state index in [0.717, 1.165) is 36.2 Å². The number of ether oxygens (including phenoxy) is 2. The van der Waals surface area contributed by atoms with E-state index in [-0.39, 0.29) is 29.9 Å². The molecule has 0 heterocycles. The summed E-state index contributed by atoms with van der Waals surface area (Å²) in [5.74, 6) is -0.180. The highest BCUT2D eigenvalue weighted by atomic mass is 35.5. The minimum atomic E-state index is -3.92. The third-order valence-electron chi connectivity index (χ3n) is 6.44. The molecule has 0 aliphatic heterocycles. The topological polar surface area (TPSA) is 105 Å². The smallest absolute Gasteiger partial charge is 0.244 e. The Kier molecular flexibility index (Phi) is 9.67. The van der Waals surface area contributed by atoms with Crippen molar-refractivity contribution in [2.75, 3.05) is 31.3 Å². The molecule has 9 nitrogen and oxygen atoms in total. The van der Waals surface area contributed by atoms with Crippen molar-refractivity contribution in [2.24, 2.45) is 0 Å². The van der Waals surface area contributed by atoms with Crippen LogP contribution in [0.3, 0.4) is 0 Å². The highest BCUT2D eigenvalue weighted by Crippen LogP contribution is 2.34. The molecule has 202 valence electrons. The molecule has 1 aliphatic carbocycles. The zero-order valence-electron chi connectivity index (χ0n) is 21.6. The summed E-state index contributed by atoms with van der Waals surface area (Å²) in [6, 6.07) is 10.9. The first-order chi connectivity index (χ1) is 17.5. The van der Waals surface area contributed by atoms with Crippen LogP contribution in [0.1, 0.15) is 38.2 Å². The van der Waals surface area contributed by atoms with Crippen molar-refractivity contribution in [2.45, 2.75) is 51.2 Å². The van der Waals surface area contributed by atoms with E-state index in [1.807, 2.05) is 0 Å². The molecule has 0 aromatic heterocycles. The minimum absolute atomic E-state index is 0.0749. The van der Waals surface area contributed by atoms with Gasteiger partial charge in [0.25, 0.3) is 0 Å². The van der Waals surface area contributed by atoms with Gasteiger partial charge in [0.15, 0.2) is 0 Å². The molecule has 0 unspecified atom stereocenters. The Morgan fingerprint density at radius 3 is 2.41 bits per heavy atom. The molecule has 0 saturated heterocycles. The van der Waals surface area contributed by atoms with Crippen molar-refractivity contribution < 1.29 is 27.5 Å². The van der Waals surface area contributed by atoms with Crippen LogP contribution in [0, 0.1) is 0 Å². The molecule has 1 saturated carbocycles. The molecular weight excluding hydrogens is 518 g/mol.